The molecule has 2 aromatic rings. The van der Waals surface area contributed by atoms with Gasteiger partial charge in [0.2, 0.25) is 11.8 Å². The van der Waals surface area contributed by atoms with E-state index in [-0.39, 0.29) is 47.2 Å². The van der Waals surface area contributed by atoms with Crippen LogP contribution in [-0.2, 0) is 16.1 Å². The minimum atomic E-state index is -0.578. The number of ether oxygens (including phenoxy) is 1. The summed E-state index contributed by atoms with van der Waals surface area (Å²) in [7, 11) is 0. The first-order chi connectivity index (χ1) is 17.3. The summed E-state index contributed by atoms with van der Waals surface area (Å²) < 4.78 is 5.72. The summed E-state index contributed by atoms with van der Waals surface area (Å²) >= 11 is 12.6. The Kier molecular flexibility index (Phi) is 10.5. The molecule has 6 rings (SSSR count). The number of anilines is 1. The lowest BCUT2D eigenvalue weighted by molar-refractivity contribution is -0.119. The molecule has 0 saturated heterocycles. The van der Waals surface area contributed by atoms with Crippen LogP contribution in [0.2, 0.25) is 10.0 Å². The van der Waals surface area contributed by atoms with Crippen LogP contribution in [-0.4, -0.2) is 43.3 Å². The van der Waals surface area contributed by atoms with Crippen molar-refractivity contribution in [2.45, 2.75) is 38.6 Å². The Bertz CT molecular complexity index is 1100. The molecule has 0 aliphatic carbocycles. The minimum absolute atomic E-state index is 0.0801. The molecule has 0 radical (unpaired) electrons. The van der Waals surface area contributed by atoms with Gasteiger partial charge in [0.1, 0.15) is 5.75 Å². The van der Waals surface area contributed by atoms with Gasteiger partial charge in [-0.15, -0.1) is 0 Å². The molecular formula is C25H29Cl2N5O4. The number of halogens is 2. The van der Waals surface area contributed by atoms with E-state index in [0.29, 0.717) is 35.7 Å². The van der Waals surface area contributed by atoms with Gasteiger partial charge >= 0.3 is 0 Å². The van der Waals surface area contributed by atoms with Crippen molar-refractivity contribution < 1.29 is 19.1 Å². The van der Waals surface area contributed by atoms with Crippen molar-refractivity contribution in [1.82, 2.24) is 10.6 Å². The van der Waals surface area contributed by atoms with Crippen molar-refractivity contribution in [2.75, 3.05) is 25.0 Å². The molecule has 9 nitrogen and oxygen atoms in total. The molecule has 2 aromatic carbocycles. The summed E-state index contributed by atoms with van der Waals surface area (Å²) in [6, 6.07) is 9.89. The summed E-state index contributed by atoms with van der Waals surface area (Å²) in [6.07, 6.45) is 3.43. The fraction of sp³-hybridized carbons (Fsp3) is 0.360. The second-order valence-corrected chi connectivity index (χ2v) is 9.11. The third kappa shape index (κ3) is 8.82. The lowest BCUT2D eigenvalue weighted by atomic mass is 10.1. The Labute approximate surface area is 219 Å². The Morgan fingerprint density at radius 2 is 1.58 bits per heavy atom. The molecular weight excluding hydrogens is 505 g/mol. The molecule has 0 spiro atoms. The number of carbonyl (C=O) groups is 3. The number of aliphatic imine (C=N–C) groups is 1. The highest BCUT2D eigenvalue weighted by molar-refractivity contribution is 6.39. The first-order valence-corrected chi connectivity index (χ1v) is 12.4. The molecule has 0 atom stereocenters. The predicted molar refractivity (Wildman–Crippen MR) is 141 cm³/mol. The molecule has 36 heavy (non-hydrogen) atoms. The lowest BCUT2D eigenvalue weighted by Crippen LogP contribution is -2.37. The van der Waals surface area contributed by atoms with E-state index < -0.39 is 5.91 Å². The third-order valence-electron chi connectivity index (χ3n) is 5.37. The molecule has 0 fully saturated rings. The largest absolute Gasteiger partial charge is 0.494 e. The average Bonchev–Trinajstić information content (AvgIpc) is 2.83. The number of Topliss-reactive ketones (excluding diaryl/α,β-unsaturated/α-hetero) is 1. The van der Waals surface area contributed by atoms with Gasteiger partial charge in [0.25, 0.3) is 0 Å². The van der Waals surface area contributed by atoms with Gasteiger partial charge in [0.05, 0.1) is 41.8 Å². The van der Waals surface area contributed by atoms with E-state index in [0.717, 1.165) is 25.7 Å². The number of hydrogen-bond donors (Lipinski definition) is 4. The summed E-state index contributed by atoms with van der Waals surface area (Å²) in [5.74, 6) is -0.668. The minimum Gasteiger partial charge on any atom is -0.494 e. The highest BCUT2D eigenvalue weighted by Gasteiger charge is 2.14. The normalized spacial score (nSPS) is 17.2. The molecule has 5 N–H and O–H groups in total. The van der Waals surface area contributed by atoms with E-state index >= 15 is 0 Å². The SMILES string of the molecule is NC1=NCc2cc(Cl)c(c(Cl)c2)NC(=O)CNCCCCCCOc2ccc(cc2)C(=O)CC(=O)N1. The monoisotopic (exact) mass is 533 g/mol. The molecule has 0 aromatic heterocycles. The van der Waals surface area contributed by atoms with Crippen molar-refractivity contribution in [3.8, 4) is 5.75 Å². The number of carbonyl (C=O) groups excluding carboxylic acids is 3. The van der Waals surface area contributed by atoms with Crippen molar-refractivity contribution in [3.05, 3.63) is 57.6 Å². The molecule has 4 aliphatic rings. The smallest absolute Gasteiger partial charge is 0.238 e. The maximum atomic E-state index is 12.4. The third-order valence-corrected chi connectivity index (χ3v) is 5.96. The van der Waals surface area contributed by atoms with Crippen molar-refractivity contribution >= 4 is 52.4 Å². The summed E-state index contributed by atoms with van der Waals surface area (Å²) in [6.45, 7) is 1.48. The Morgan fingerprint density at radius 1 is 0.889 bits per heavy atom. The van der Waals surface area contributed by atoms with Gasteiger partial charge in [0.15, 0.2) is 11.7 Å². The zero-order valence-electron chi connectivity index (χ0n) is 19.7. The van der Waals surface area contributed by atoms with E-state index in [2.05, 4.69) is 20.9 Å². The number of amides is 2. The molecule has 2 amide bonds. The molecule has 192 valence electrons. The van der Waals surface area contributed by atoms with Crippen LogP contribution in [0.25, 0.3) is 0 Å². The van der Waals surface area contributed by atoms with Gasteiger partial charge in [-0.1, -0.05) is 36.0 Å². The number of nitrogens with one attached hydrogen (secondary N) is 3. The number of ketones is 1. The van der Waals surface area contributed by atoms with Crippen molar-refractivity contribution in [3.63, 3.8) is 0 Å². The van der Waals surface area contributed by atoms with Crippen LogP contribution in [0.5, 0.6) is 5.75 Å². The molecule has 4 bridgehead atoms. The number of nitrogens with two attached hydrogens (primary N) is 1. The quantitative estimate of drug-likeness (QED) is 0.381. The lowest BCUT2D eigenvalue weighted by Gasteiger charge is -2.12. The fourth-order valence-corrected chi connectivity index (χ4v) is 4.13. The van der Waals surface area contributed by atoms with Crippen LogP contribution < -0.4 is 26.4 Å². The second kappa shape index (κ2) is 13.8. The molecule has 0 unspecified atom stereocenters. The number of guanidine groups is 1. The van der Waals surface area contributed by atoms with Gasteiger partial charge in [-0.25, -0.2) is 4.99 Å². The van der Waals surface area contributed by atoms with E-state index in [1.165, 1.54) is 0 Å². The maximum absolute atomic E-state index is 12.4. The number of rotatable bonds is 0. The molecule has 0 saturated carbocycles. The van der Waals surface area contributed by atoms with Crippen molar-refractivity contribution in [2.24, 2.45) is 10.7 Å². The highest BCUT2D eigenvalue weighted by Crippen LogP contribution is 2.32. The first kappa shape index (κ1) is 27.4. The van der Waals surface area contributed by atoms with Crippen LogP contribution in [0, 0.1) is 0 Å². The van der Waals surface area contributed by atoms with Crippen LogP contribution in [0.1, 0.15) is 48.0 Å². The molecule has 4 aliphatic heterocycles. The standard InChI is InChI=1S/C25H29Cl2N5O4/c26-19-11-16-12-20(27)24(19)31-23(35)15-29-9-3-1-2-4-10-36-18-7-5-17(6-8-18)21(33)13-22(34)32-25(28)30-14-16/h5-8,11-12,29H,1-4,9-10,13-15H2,(H,31,35)(H3,28,30,32,34). The van der Waals surface area contributed by atoms with Crippen LogP contribution in [0.15, 0.2) is 41.4 Å². The predicted octanol–water partition coefficient (Wildman–Crippen LogP) is 3.68. The number of hydrogen-bond acceptors (Lipinski definition) is 7. The van der Waals surface area contributed by atoms with Gasteiger partial charge in [-0.05, 0) is 61.3 Å². The number of nitrogens with zero attached hydrogens (tertiary/aromatic N) is 1. The fourth-order valence-electron chi connectivity index (χ4n) is 3.51. The summed E-state index contributed by atoms with van der Waals surface area (Å²) in [4.78, 5) is 41.0. The first-order valence-electron chi connectivity index (χ1n) is 11.7. The van der Waals surface area contributed by atoms with Crippen LogP contribution in [0.4, 0.5) is 5.69 Å². The van der Waals surface area contributed by atoms with Gasteiger partial charge in [-0.3, -0.25) is 19.7 Å². The highest BCUT2D eigenvalue weighted by atomic mass is 35.5. The second-order valence-electron chi connectivity index (χ2n) is 8.30. The maximum Gasteiger partial charge on any atom is 0.238 e. The van der Waals surface area contributed by atoms with Crippen LogP contribution in [0.3, 0.4) is 0 Å². The Balaban J connectivity index is 1.70. The van der Waals surface area contributed by atoms with Gasteiger partial charge < -0.3 is 21.1 Å². The molecule has 11 heteroatoms. The van der Waals surface area contributed by atoms with Gasteiger partial charge in [0, 0.05) is 5.56 Å². The Morgan fingerprint density at radius 3 is 2.31 bits per heavy atom. The Hall–Kier alpha value is -3.14. The zero-order valence-corrected chi connectivity index (χ0v) is 21.3. The summed E-state index contributed by atoms with van der Waals surface area (Å²) in [5, 5.41) is 8.74. The van der Waals surface area contributed by atoms with E-state index in [1.807, 2.05) is 0 Å². The van der Waals surface area contributed by atoms with Crippen LogP contribution >= 0.6 is 23.2 Å². The number of benzene rings is 2. The van der Waals surface area contributed by atoms with E-state index in [4.69, 9.17) is 33.7 Å². The topological polar surface area (TPSA) is 135 Å². The van der Waals surface area contributed by atoms with Gasteiger partial charge in [-0.2, -0.15) is 0 Å². The van der Waals surface area contributed by atoms with E-state index in [9.17, 15) is 14.4 Å². The van der Waals surface area contributed by atoms with E-state index in [1.54, 1.807) is 36.4 Å². The molecule has 4 heterocycles. The average molecular weight is 534 g/mol. The zero-order chi connectivity index (χ0) is 25.9. The van der Waals surface area contributed by atoms with Crippen molar-refractivity contribution in [1.29, 1.82) is 0 Å². The summed E-state index contributed by atoms with van der Waals surface area (Å²) in [5.41, 5.74) is 7.13.